The van der Waals surface area contributed by atoms with E-state index in [0.717, 1.165) is 17.2 Å². The van der Waals surface area contributed by atoms with Crippen LogP contribution in [0.1, 0.15) is 23.4 Å². The number of anilines is 2. The molecule has 1 unspecified atom stereocenters. The van der Waals surface area contributed by atoms with Gasteiger partial charge in [-0.05, 0) is 25.3 Å². The van der Waals surface area contributed by atoms with Gasteiger partial charge in [0.15, 0.2) is 0 Å². The van der Waals surface area contributed by atoms with Gasteiger partial charge in [0.2, 0.25) is 0 Å². The van der Waals surface area contributed by atoms with Gasteiger partial charge >= 0.3 is 0 Å². The lowest BCUT2D eigenvalue weighted by molar-refractivity contribution is 0.889. The first-order valence-corrected chi connectivity index (χ1v) is 6.39. The van der Waals surface area contributed by atoms with Crippen LogP contribution in [0.5, 0.6) is 0 Å². The van der Waals surface area contributed by atoms with Crippen molar-refractivity contribution in [3.05, 3.63) is 34.3 Å². The molecule has 0 aliphatic carbocycles. The van der Waals surface area contributed by atoms with Crippen molar-refractivity contribution in [2.75, 3.05) is 17.7 Å². The SMILES string of the molecule is CNc1ncnc(NC(C)c2cccs2)c1C. The average Bonchev–Trinajstić information content (AvgIpc) is 2.85. The zero-order valence-electron chi connectivity index (χ0n) is 10.2. The van der Waals surface area contributed by atoms with E-state index in [1.54, 1.807) is 17.7 Å². The van der Waals surface area contributed by atoms with Gasteiger partial charge in [-0.1, -0.05) is 6.07 Å². The Hall–Kier alpha value is -1.62. The predicted octanol–water partition coefficient (Wildman–Crippen LogP) is 3.06. The molecule has 0 bridgehead atoms. The molecule has 0 spiro atoms. The Balaban J connectivity index is 2.19. The average molecular weight is 248 g/mol. The van der Waals surface area contributed by atoms with Crippen molar-refractivity contribution in [1.29, 1.82) is 0 Å². The van der Waals surface area contributed by atoms with E-state index < -0.39 is 0 Å². The van der Waals surface area contributed by atoms with Gasteiger partial charge in [-0.25, -0.2) is 9.97 Å². The number of hydrogen-bond donors (Lipinski definition) is 2. The van der Waals surface area contributed by atoms with E-state index in [4.69, 9.17) is 0 Å². The Morgan fingerprint density at radius 1 is 1.29 bits per heavy atom. The first kappa shape index (κ1) is 11.9. The van der Waals surface area contributed by atoms with Crippen LogP contribution in [0.3, 0.4) is 0 Å². The highest BCUT2D eigenvalue weighted by atomic mass is 32.1. The van der Waals surface area contributed by atoms with Gasteiger partial charge in [0.25, 0.3) is 0 Å². The molecule has 5 heteroatoms. The third-order valence-corrected chi connectivity index (χ3v) is 3.70. The first-order chi connectivity index (χ1) is 8.22. The summed E-state index contributed by atoms with van der Waals surface area (Å²) in [5, 5.41) is 8.54. The van der Waals surface area contributed by atoms with Gasteiger partial charge < -0.3 is 10.6 Å². The van der Waals surface area contributed by atoms with Crippen molar-refractivity contribution >= 4 is 23.0 Å². The van der Waals surface area contributed by atoms with E-state index in [9.17, 15) is 0 Å². The molecule has 2 aromatic heterocycles. The number of thiophene rings is 1. The van der Waals surface area contributed by atoms with Gasteiger partial charge in [0.05, 0.1) is 6.04 Å². The van der Waals surface area contributed by atoms with Crippen LogP contribution < -0.4 is 10.6 Å². The molecule has 0 aliphatic heterocycles. The molecular formula is C12H16N4S. The topological polar surface area (TPSA) is 49.8 Å². The highest BCUT2D eigenvalue weighted by molar-refractivity contribution is 7.10. The standard InChI is InChI=1S/C12H16N4S/c1-8-11(13-3)14-7-15-12(8)16-9(2)10-5-4-6-17-10/h4-7,9H,1-3H3,(H2,13,14,15,16). The second-order valence-electron chi connectivity index (χ2n) is 3.83. The lowest BCUT2D eigenvalue weighted by atomic mass is 10.2. The summed E-state index contributed by atoms with van der Waals surface area (Å²) < 4.78 is 0. The van der Waals surface area contributed by atoms with Gasteiger partial charge in [0.1, 0.15) is 18.0 Å². The fourth-order valence-electron chi connectivity index (χ4n) is 1.66. The zero-order valence-corrected chi connectivity index (χ0v) is 11.0. The molecule has 2 heterocycles. The summed E-state index contributed by atoms with van der Waals surface area (Å²) >= 11 is 1.74. The molecule has 0 fully saturated rings. The van der Waals surface area contributed by atoms with Gasteiger partial charge in [-0.2, -0.15) is 0 Å². The molecule has 4 nitrogen and oxygen atoms in total. The van der Waals surface area contributed by atoms with E-state index in [1.807, 2.05) is 14.0 Å². The van der Waals surface area contributed by atoms with E-state index in [0.29, 0.717) is 0 Å². The fraction of sp³-hybridized carbons (Fsp3) is 0.333. The fourth-order valence-corrected chi connectivity index (χ4v) is 2.40. The molecule has 0 aromatic carbocycles. The van der Waals surface area contributed by atoms with E-state index >= 15 is 0 Å². The molecule has 0 saturated heterocycles. The summed E-state index contributed by atoms with van der Waals surface area (Å²) in [6, 6.07) is 4.44. The number of rotatable bonds is 4. The number of nitrogens with one attached hydrogen (secondary N) is 2. The van der Waals surface area contributed by atoms with E-state index in [1.165, 1.54) is 4.88 Å². The van der Waals surface area contributed by atoms with Crippen LogP contribution in [0.4, 0.5) is 11.6 Å². The van der Waals surface area contributed by atoms with Crippen molar-refractivity contribution in [2.24, 2.45) is 0 Å². The molecule has 2 N–H and O–H groups in total. The van der Waals surface area contributed by atoms with Crippen molar-refractivity contribution in [1.82, 2.24) is 9.97 Å². The minimum Gasteiger partial charge on any atom is -0.373 e. The van der Waals surface area contributed by atoms with Crippen molar-refractivity contribution < 1.29 is 0 Å². The van der Waals surface area contributed by atoms with Crippen LogP contribution in [0.15, 0.2) is 23.8 Å². The molecule has 0 aliphatic rings. The van der Waals surface area contributed by atoms with Crippen LogP contribution in [-0.4, -0.2) is 17.0 Å². The predicted molar refractivity (Wildman–Crippen MR) is 72.7 cm³/mol. The second-order valence-corrected chi connectivity index (χ2v) is 4.81. The monoisotopic (exact) mass is 248 g/mol. The summed E-state index contributed by atoms with van der Waals surface area (Å²) in [6.45, 7) is 4.14. The third kappa shape index (κ3) is 2.55. The lowest BCUT2D eigenvalue weighted by Crippen LogP contribution is -2.09. The maximum absolute atomic E-state index is 4.28. The maximum atomic E-state index is 4.28. The number of aromatic nitrogens is 2. The first-order valence-electron chi connectivity index (χ1n) is 5.51. The molecule has 90 valence electrons. The van der Waals surface area contributed by atoms with Gasteiger partial charge in [0, 0.05) is 17.5 Å². The number of nitrogens with zero attached hydrogens (tertiary/aromatic N) is 2. The van der Waals surface area contributed by atoms with Crippen molar-refractivity contribution in [3.63, 3.8) is 0 Å². The Morgan fingerprint density at radius 3 is 2.71 bits per heavy atom. The van der Waals surface area contributed by atoms with Crippen LogP contribution in [-0.2, 0) is 0 Å². The minimum absolute atomic E-state index is 0.258. The Bertz CT molecular complexity index is 481. The van der Waals surface area contributed by atoms with Crippen LogP contribution in [0.2, 0.25) is 0 Å². The Morgan fingerprint density at radius 2 is 2.06 bits per heavy atom. The summed E-state index contributed by atoms with van der Waals surface area (Å²) in [7, 11) is 1.86. The number of hydrogen-bond acceptors (Lipinski definition) is 5. The van der Waals surface area contributed by atoms with Crippen LogP contribution >= 0.6 is 11.3 Å². The van der Waals surface area contributed by atoms with E-state index in [2.05, 4.69) is 45.0 Å². The third-order valence-electron chi connectivity index (χ3n) is 2.64. The molecule has 1 atom stereocenters. The smallest absolute Gasteiger partial charge is 0.134 e. The van der Waals surface area contributed by atoms with Crippen molar-refractivity contribution in [3.8, 4) is 0 Å². The Kier molecular flexibility index (Phi) is 3.58. The largest absolute Gasteiger partial charge is 0.373 e. The highest BCUT2D eigenvalue weighted by Crippen LogP contribution is 2.25. The maximum Gasteiger partial charge on any atom is 0.134 e. The van der Waals surface area contributed by atoms with Crippen LogP contribution in [0.25, 0.3) is 0 Å². The molecule has 0 amide bonds. The summed E-state index contributed by atoms with van der Waals surface area (Å²) in [4.78, 5) is 9.75. The summed E-state index contributed by atoms with van der Waals surface area (Å²) in [6.07, 6.45) is 1.57. The van der Waals surface area contributed by atoms with Gasteiger partial charge in [-0.15, -0.1) is 11.3 Å². The van der Waals surface area contributed by atoms with Gasteiger partial charge in [-0.3, -0.25) is 0 Å². The van der Waals surface area contributed by atoms with E-state index in [-0.39, 0.29) is 6.04 Å². The summed E-state index contributed by atoms with van der Waals surface area (Å²) in [5.74, 6) is 1.74. The molecule has 0 saturated carbocycles. The lowest BCUT2D eigenvalue weighted by Gasteiger charge is -2.15. The molecule has 2 rings (SSSR count). The molecule has 2 aromatic rings. The van der Waals surface area contributed by atoms with Crippen LogP contribution in [0, 0.1) is 6.92 Å². The highest BCUT2D eigenvalue weighted by Gasteiger charge is 2.10. The molecular weight excluding hydrogens is 232 g/mol. The van der Waals surface area contributed by atoms with Crippen molar-refractivity contribution in [2.45, 2.75) is 19.9 Å². The Labute approximate surface area is 105 Å². The second kappa shape index (κ2) is 5.14. The summed E-state index contributed by atoms with van der Waals surface area (Å²) in [5.41, 5.74) is 1.04. The quantitative estimate of drug-likeness (QED) is 0.873. The minimum atomic E-state index is 0.258. The zero-order chi connectivity index (χ0) is 12.3. The molecule has 0 radical (unpaired) electrons. The molecule has 17 heavy (non-hydrogen) atoms. The normalized spacial score (nSPS) is 12.2.